The van der Waals surface area contributed by atoms with E-state index < -0.39 is 0 Å². The molecular formula is C15H21N3O2. The van der Waals surface area contributed by atoms with E-state index in [2.05, 4.69) is 10.6 Å². The van der Waals surface area contributed by atoms with Crippen molar-refractivity contribution in [2.75, 3.05) is 26.0 Å². The highest BCUT2D eigenvalue weighted by molar-refractivity contribution is 5.95. The minimum atomic E-state index is -0.0449. The zero-order valence-electron chi connectivity index (χ0n) is 12.0. The van der Waals surface area contributed by atoms with E-state index in [0.717, 1.165) is 5.69 Å². The minimum Gasteiger partial charge on any atom is -0.345 e. The number of anilines is 1. The van der Waals surface area contributed by atoms with Crippen LogP contribution in [0.3, 0.4) is 0 Å². The molecule has 0 aliphatic heterocycles. The number of carbonyl (C=O) groups is 2. The Labute approximate surface area is 119 Å². The van der Waals surface area contributed by atoms with Crippen LogP contribution in [0.15, 0.2) is 24.3 Å². The molecule has 2 rings (SSSR count). The molecule has 1 saturated carbocycles. The molecule has 2 amide bonds. The zero-order valence-corrected chi connectivity index (χ0v) is 12.0. The highest BCUT2D eigenvalue weighted by Crippen LogP contribution is 2.18. The molecule has 2 N–H and O–H groups in total. The second kappa shape index (κ2) is 6.52. The van der Waals surface area contributed by atoms with Gasteiger partial charge in [-0.3, -0.25) is 9.59 Å². The van der Waals surface area contributed by atoms with Gasteiger partial charge in [-0.1, -0.05) is 0 Å². The van der Waals surface area contributed by atoms with Crippen LogP contribution in [0.25, 0.3) is 0 Å². The second-order valence-corrected chi connectivity index (χ2v) is 5.30. The van der Waals surface area contributed by atoms with Crippen molar-refractivity contribution in [1.29, 1.82) is 0 Å². The molecule has 1 aliphatic rings. The Bertz CT molecular complexity index is 478. The average molecular weight is 275 g/mol. The second-order valence-electron chi connectivity index (χ2n) is 5.30. The lowest BCUT2D eigenvalue weighted by molar-refractivity contribution is -0.116. The number of amides is 2. The molecule has 1 aromatic rings. The van der Waals surface area contributed by atoms with Crippen LogP contribution in [0.5, 0.6) is 0 Å². The van der Waals surface area contributed by atoms with Gasteiger partial charge in [0.2, 0.25) is 5.91 Å². The molecule has 0 atom stereocenters. The molecule has 5 nitrogen and oxygen atoms in total. The molecule has 0 saturated heterocycles. The number of benzene rings is 1. The third kappa shape index (κ3) is 4.35. The van der Waals surface area contributed by atoms with E-state index in [1.165, 1.54) is 17.7 Å². The third-order valence-corrected chi connectivity index (χ3v) is 3.18. The predicted molar refractivity (Wildman–Crippen MR) is 78.7 cm³/mol. The highest BCUT2D eigenvalue weighted by Gasteiger charge is 2.20. The largest absolute Gasteiger partial charge is 0.345 e. The van der Waals surface area contributed by atoms with Gasteiger partial charge in [0.15, 0.2) is 0 Å². The Morgan fingerprint density at radius 2 is 1.85 bits per heavy atom. The van der Waals surface area contributed by atoms with Crippen molar-refractivity contribution in [3.8, 4) is 0 Å². The van der Waals surface area contributed by atoms with Crippen LogP contribution in [0.2, 0.25) is 0 Å². The quantitative estimate of drug-likeness (QED) is 0.826. The lowest BCUT2D eigenvalue weighted by atomic mass is 10.2. The van der Waals surface area contributed by atoms with Crippen molar-refractivity contribution in [2.24, 2.45) is 0 Å². The lowest BCUT2D eigenvalue weighted by Gasteiger charge is -2.11. The lowest BCUT2D eigenvalue weighted by Crippen LogP contribution is -2.23. The van der Waals surface area contributed by atoms with Gasteiger partial charge in [0, 0.05) is 44.4 Å². The summed E-state index contributed by atoms with van der Waals surface area (Å²) in [6, 6.07) is 7.58. The fourth-order valence-corrected chi connectivity index (χ4v) is 1.86. The Morgan fingerprint density at radius 3 is 2.40 bits per heavy atom. The molecule has 0 spiro atoms. The highest BCUT2D eigenvalue weighted by atomic mass is 16.2. The van der Waals surface area contributed by atoms with Crippen LogP contribution < -0.4 is 10.6 Å². The molecule has 108 valence electrons. The molecule has 5 heteroatoms. The van der Waals surface area contributed by atoms with Crippen LogP contribution in [0.1, 0.15) is 29.6 Å². The predicted octanol–water partition coefficient (Wildman–Crippen LogP) is 1.47. The Balaban J connectivity index is 1.80. The Morgan fingerprint density at radius 1 is 1.20 bits per heavy atom. The van der Waals surface area contributed by atoms with E-state index in [1.807, 2.05) is 0 Å². The van der Waals surface area contributed by atoms with Crippen molar-refractivity contribution >= 4 is 17.5 Å². The molecule has 0 aromatic heterocycles. The minimum absolute atomic E-state index is 0.00941. The molecule has 0 unspecified atom stereocenters. The first-order valence-corrected chi connectivity index (χ1v) is 6.91. The molecule has 0 bridgehead atoms. The summed E-state index contributed by atoms with van der Waals surface area (Å²) in [5.74, 6) is -0.0543. The van der Waals surface area contributed by atoms with E-state index in [9.17, 15) is 9.59 Å². The van der Waals surface area contributed by atoms with Crippen LogP contribution in [-0.2, 0) is 4.79 Å². The summed E-state index contributed by atoms with van der Waals surface area (Å²) in [6.07, 6.45) is 2.92. The monoisotopic (exact) mass is 275 g/mol. The smallest absolute Gasteiger partial charge is 0.253 e. The summed E-state index contributed by atoms with van der Waals surface area (Å²) in [7, 11) is 3.43. The number of carbonyl (C=O) groups excluding carboxylic acids is 2. The third-order valence-electron chi connectivity index (χ3n) is 3.18. The summed E-state index contributed by atoms with van der Waals surface area (Å²) in [4.78, 5) is 25.0. The van der Waals surface area contributed by atoms with E-state index in [1.54, 1.807) is 38.4 Å². The van der Waals surface area contributed by atoms with Gasteiger partial charge in [0.1, 0.15) is 0 Å². The number of hydrogen-bond acceptors (Lipinski definition) is 3. The van der Waals surface area contributed by atoms with Crippen molar-refractivity contribution in [3.05, 3.63) is 29.8 Å². The van der Waals surface area contributed by atoms with Crippen molar-refractivity contribution in [1.82, 2.24) is 10.2 Å². The van der Waals surface area contributed by atoms with E-state index in [4.69, 9.17) is 0 Å². The van der Waals surface area contributed by atoms with Gasteiger partial charge < -0.3 is 15.5 Å². The van der Waals surface area contributed by atoms with Gasteiger partial charge in [-0.25, -0.2) is 0 Å². The van der Waals surface area contributed by atoms with Gasteiger partial charge in [-0.15, -0.1) is 0 Å². The standard InChI is InChI=1S/C15H21N3O2/c1-18(2)15(20)11-3-5-13(6-4-11)17-14(19)9-10-16-12-7-8-12/h3-6,12,16H,7-10H2,1-2H3,(H,17,19). The molecule has 0 heterocycles. The van der Waals surface area contributed by atoms with Gasteiger partial charge in [-0.2, -0.15) is 0 Å². The summed E-state index contributed by atoms with van der Waals surface area (Å²) < 4.78 is 0. The van der Waals surface area contributed by atoms with Gasteiger partial charge >= 0.3 is 0 Å². The van der Waals surface area contributed by atoms with Crippen molar-refractivity contribution < 1.29 is 9.59 Å². The van der Waals surface area contributed by atoms with E-state index >= 15 is 0 Å². The summed E-state index contributed by atoms with van der Waals surface area (Å²) in [5.41, 5.74) is 1.33. The molecule has 20 heavy (non-hydrogen) atoms. The number of nitrogens with one attached hydrogen (secondary N) is 2. The fraction of sp³-hybridized carbons (Fsp3) is 0.467. The first-order chi connectivity index (χ1) is 9.56. The molecule has 1 fully saturated rings. The molecule has 0 radical (unpaired) electrons. The maximum Gasteiger partial charge on any atom is 0.253 e. The number of hydrogen-bond donors (Lipinski definition) is 2. The van der Waals surface area contributed by atoms with Crippen molar-refractivity contribution in [2.45, 2.75) is 25.3 Å². The van der Waals surface area contributed by atoms with Gasteiger partial charge in [0.25, 0.3) is 5.91 Å². The number of nitrogens with zero attached hydrogens (tertiary/aromatic N) is 1. The maximum absolute atomic E-state index is 11.7. The van der Waals surface area contributed by atoms with Crippen molar-refractivity contribution in [3.63, 3.8) is 0 Å². The van der Waals surface area contributed by atoms with Crippen LogP contribution >= 0.6 is 0 Å². The van der Waals surface area contributed by atoms with Gasteiger partial charge in [-0.05, 0) is 37.1 Å². The first-order valence-electron chi connectivity index (χ1n) is 6.91. The summed E-state index contributed by atoms with van der Waals surface area (Å²) >= 11 is 0. The van der Waals surface area contributed by atoms with E-state index in [0.29, 0.717) is 24.6 Å². The molecule has 1 aromatic carbocycles. The Kier molecular flexibility index (Phi) is 4.74. The van der Waals surface area contributed by atoms with E-state index in [-0.39, 0.29) is 11.8 Å². The number of rotatable bonds is 6. The summed E-state index contributed by atoms with van der Waals surface area (Å²) in [6.45, 7) is 0.716. The zero-order chi connectivity index (χ0) is 14.5. The van der Waals surface area contributed by atoms with Gasteiger partial charge in [0.05, 0.1) is 0 Å². The SMILES string of the molecule is CN(C)C(=O)c1ccc(NC(=O)CCNC2CC2)cc1. The summed E-state index contributed by atoms with van der Waals surface area (Å²) in [5, 5.41) is 6.13. The Hall–Kier alpha value is -1.88. The topological polar surface area (TPSA) is 61.4 Å². The molecule has 1 aliphatic carbocycles. The maximum atomic E-state index is 11.7. The first kappa shape index (κ1) is 14.5. The fourth-order valence-electron chi connectivity index (χ4n) is 1.86. The van der Waals surface area contributed by atoms with Crippen LogP contribution in [-0.4, -0.2) is 43.4 Å². The van der Waals surface area contributed by atoms with Crippen LogP contribution in [0.4, 0.5) is 5.69 Å². The average Bonchev–Trinajstić information content (AvgIpc) is 3.23. The van der Waals surface area contributed by atoms with Crippen LogP contribution in [0, 0.1) is 0 Å². The normalized spacial score (nSPS) is 13.9. The molecular weight excluding hydrogens is 254 g/mol.